The van der Waals surface area contributed by atoms with Crippen LogP contribution in [-0.4, -0.2) is 63.8 Å². The number of nitrogens with two attached hydrogens (primary N) is 1. The van der Waals surface area contributed by atoms with Gasteiger partial charge in [0.2, 0.25) is 11.7 Å². The van der Waals surface area contributed by atoms with Crippen molar-refractivity contribution in [3.63, 3.8) is 0 Å². The summed E-state index contributed by atoms with van der Waals surface area (Å²) >= 11 is 0. The molecule has 214 valence electrons. The minimum absolute atomic E-state index is 0.00897. The molecular weight excluding hydrogens is 510 g/mol. The van der Waals surface area contributed by atoms with E-state index in [9.17, 15) is 9.59 Å². The minimum atomic E-state index is -0.575. The van der Waals surface area contributed by atoms with Crippen LogP contribution in [0, 0.1) is 6.92 Å². The fourth-order valence-corrected chi connectivity index (χ4v) is 4.64. The predicted molar refractivity (Wildman–Crippen MR) is 153 cm³/mol. The van der Waals surface area contributed by atoms with E-state index >= 15 is 0 Å². The van der Waals surface area contributed by atoms with Crippen LogP contribution in [0.5, 0.6) is 5.75 Å². The second-order valence-corrected chi connectivity index (χ2v) is 11.4. The van der Waals surface area contributed by atoms with Crippen molar-refractivity contribution in [2.75, 3.05) is 25.9 Å². The molecule has 2 aromatic carbocycles. The first-order valence-corrected chi connectivity index (χ1v) is 13.6. The van der Waals surface area contributed by atoms with Crippen molar-refractivity contribution in [3.05, 3.63) is 47.0 Å². The largest absolute Gasteiger partial charge is 0.489 e. The Morgan fingerprint density at radius 1 is 1.20 bits per heavy atom. The van der Waals surface area contributed by atoms with Crippen LogP contribution < -0.4 is 10.5 Å². The van der Waals surface area contributed by atoms with Crippen molar-refractivity contribution in [2.24, 2.45) is 0 Å². The van der Waals surface area contributed by atoms with Crippen LogP contribution in [0.2, 0.25) is 0 Å². The molecule has 4 rings (SSSR count). The number of ether oxygens (including phenoxy) is 2. The zero-order valence-corrected chi connectivity index (χ0v) is 24.4. The Bertz CT molecular complexity index is 1390. The molecule has 0 aliphatic carbocycles. The number of benzene rings is 2. The van der Waals surface area contributed by atoms with Crippen molar-refractivity contribution >= 4 is 17.7 Å². The Kier molecular flexibility index (Phi) is 8.37. The maximum Gasteiger partial charge on any atom is 0.410 e. The number of fused-ring (bicyclic) bond motifs is 1. The van der Waals surface area contributed by atoms with Gasteiger partial charge in [-0.3, -0.25) is 4.79 Å². The summed E-state index contributed by atoms with van der Waals surface area (Å²) in [5.74, 6) is 1.50. The van der Waals surface area contributed by atoms with E-state index in [1.165, 1.54) is 10.5 Å². The molecule has 1 aliphatic rings. The van der Waals surface area contributed by atoms with Gasteiger partial charge in [0.1, 0.15) is 11.4 Å². The van der Waals surface area contributed by atoms with Gasteiger partial charge in [0.15, 0.2) is 0 Å². The monoisotopic (exact) mass is 549 g/mol. The molecule has 10 nitrogen and oxygen atoms in total. The number of amides is 2. The molecule has 0 saturated carbocycles. The molecule has 10 heteroatoms. The summed E-state index contributed by atoms with van der Waals surface area (Å²) in [5, 5.41) is 4.23. The molecule has 2 amide bonds. The van der Waals surface area contributed by atoms with Crippen LogP contribution in [0.25, 0.3) is 22.8 Å². The Labute approximate surface area is 235 Å². The number of nitrogens with zero attached hydrogens (tertiary/aromatic N) is 4. The number of carbonyl (C=O) groups is 2. The maximum atomic E-state index is 12.9. The SMILES string of the molecule is Cc1c(-c2noc(-c3ccc(OC(C)C)c(N)c3)n2)ccc2c1CCN(C(=O)CCN(C)C(=O)OC(C)(C)C)C2. The highest BCUT2D eigenvalue weighted by atomic mass is 16.6. The van der Waals surface area contributed by atoms with E-state index in [-0.39, 0.29) is 18.4 Å². The molecule has 0 radical (unpaired) electrons. The Balaban J connectivity index is 1.42. The highest BCUT2D eigenvalue weighted by molar-refractivity contribution is 5.78. The van der Waals surface area contributed by atoms with Gasteiger partial charge in [-0.05, 0) is 82.9 Å². The molecular formula is C30H39N5O5. The summed E-state index contributed by atoms with van der Waals surface area (Å²) in [6.07, 6.45) is 0.549. The first kappa shape index (κ1) is 28.9. The third kappa shape index (κ3) is 6.73. The predicted octanol–water partition coefficient (Wildman–Crippen LogP) is 5.22. The molecule has 3 aromatic rings. The Hall–Kier alpha value is -4.08. The summed E-state index contributed by atoms with van der Waals surface area (Å²) in [5.41, 5.74) is 11.1. The standard InChI is InChI=1S/C30H39N5O5/c1-18(2)38-25-11-9-20(16-24(25)31)28-32-27(33-40-28)23-10-8-21-17-35(15-12-22(21)19(23)3)26(36)13-14-34(7)29(37)39-30(4,5)6/h8-11,16,18H,12-15,17,31H2,1-7H3. The third-order valence-electron chi connectivity index (χ3n) is 6.69. The van der Waals surface area contributed by atoms with E-state index in [0.717, 1.165) is 28.7 Å². The van der Waals surface area contributed by atoms with Crippen molar-refractivity contribution in [3.8, 4) is 28.6 Å². The number of carbonyl (C=O) groups excluding carboxylic acids is 2. The average molecular weight is 550 g/mol. The van der Waals surface area contributed by atoms with Crippen molar-refractivity contribution < 1.29 is 23.6 Å². The summed E-state index contributed by atoms with van der Waals surface area (Å²) in [4.78, 5) is 33.0. The normalized spacial score (nSPS) is 13.2. The second kappa shape index (κ2) is 11.6. The Morgan fingerprint density at radius 3 is 2.62 bits per heavy atom. The lowest BCUT2D eigenvalue weighted by Crippen LogP contribution is -2.39. The first-order chi connectivity index (χ1) is 18.8. The molecule has 40 heavy (non-hydrogen) atoms. The third-order valence-corrected chi connectivity index (χ3v) is 6.69. The van der Waals surface area contributed by atoms with Crippen LogP contribution in [0.3, 0.4) is 0 Å². The van der Waals surface area contributed by atoms with Gasteiger partial charge in [-0.25, -0.2) is 4.79 Å². The molecule has 0 bridgehead atoms. The number of hydrogen-bond donors (Lipinski definition) is 1. The van der Waals surface area contributed by atoms with Crippen molar-refractivity contribution in [2.45, 2.75) is 72.6 Å². The van der Waals surface area contributed by atoms with Crippen LogP contribution >= 0.6 is 0 Å². The summed E-state index contributed by atoms with van der Waals surface area (Å²) in [6.45, 7) is 12.8. The van der Waals surface area contributed by atoms with E-state index < -0.39 is 11.7 Å². The van der Waals surface area contributed by atoms with Gasteiger partial charge in [-0.15, -0.1) is 0 Å². The van der Waals surface area contributed by atoms with E-state index in [1.807, 2.05) is 64.6 Å². The highest BCUT2D eigenvalue weighted by Gasteiger charge is 2.26. The smallest absolute Gasteiger partial charge is 0.410 e. The summed E-state index contributed by atoms with van der Waals surface area (Å²) < 4.78 is 16.7. The lowest BCUT2D eigenvalue weighted by Gasteiger charge is -2.31. The lowest BCUT2D eigenvalue weighted by atomic mass is 9.91. The molecule has 2 N–H and O–H groups in total. The first-order valence-electron chi connectivity index (χ1n) is 13.6. The average Bonchev–Trinajstić information content (AvgIpc) is 3.37. The fraction of sp³-hybridized carbons (Fsp3) is 0.467. The molecule has 2 heterocycles. The van der Waals surface area contributed by atoms with E-state index in [4.69, 9.17) is 19.7 Å². The van der Waals surface area contributed by atoms with Crippen molar-refractivity contribution in [1.29, 1.82) is 0 Å². The number of anilines is 1. The molecule has 1 aliphatic heterocycles. The highest BCUT2D eigenvalue weighted by Crippen LogP contribution is 2.33. The fourth-order valence-electron chi connectivity index (χ4n) is 4.64. The lowest BCUT2D eigenvalue weighted by molar-refractivity contribution is -0.132. The maximum absolute atomic E-state index is 12.9. The van der Waals surface area contributed by atoms with Gasteiger partial charge in [-0.2, -0.15) is 4.98 Å². The van der Waals surface area contributed by atoms with Gasteiger partial charge in [-0.1, -0.05) is 17.3 Å². The molecule has 1 aromatic heterocycles. The molecule has 0 unspecified atom stereocenters. The van der Waals surface area contributed by atoms with Crippen LogP contribution in [-0.2, 0) is 22.5 Å². The zero-order chi connectivity index (χ0) is 29.2. The van der Waals surface area contributed by atoms with Crippen LogP contribution in [0.15, 0.2) is 34.9 Å². The molecule has 0 saturated heterocycles. The quantitative estimate of drug-likeness (QED) is 0.398. The van der Waals surface area contributed by atoms with E-state index in [0.29, 0.717) is 42.8 Å². The van der Waals surface area contributed by atoms with Crippen LogP contribution in [0.1, 0.15) is 57.7 Å². The van der Waals surface area contributed by atoms with Gasteiger partial charge in [0.05, 0.1) is 11.8 Å². The Morgan fingerprint density at radius 2 is 1.95 bits per heavy atom. The second-order valence-electron chi connectivity index (χ2n) is 11.4. The van der Waals surface area contributed by atoms with Gasteiger partial charge < -0.3 is 29.5 Å². The topological polar surface area (TPSA) is 124 Å². The molecule has 0 fully saturated rings. The zero-order valence-electron chi connectivity index (χ0n) is 24.4. The molecule has 0 spiro atoms. The summed E-state index contributed by atoms with van der Waals surface area (Å²) in [7, 11) is 1.65. The molecule has 0 atom stereocenters. The van der Waals surface area contributed by atoms with Crippen molar-refractivity contribution in [1.82, 2.24) is 19.9 Å². The number of nitrogen functional groups attached to an aromatic ring is 1. The summed E-state index contributed by atoms with van der Waals surface area (Å²) in [6, 6.07) is 9.42. The van der Waals surface area contributed by atoms with E-state index in [1.54, 1.807) is 19.2 Å². The van der Waals surface area contributed by atoms with Gasteiger partial charge in [0.25, 0.3) is 5.89 Å². The number of aromatic nitrogens is 2. The van der Waals surface area contributed by atoms with Gasteiger partial charge >= 0.3 is 6.09 Å². The van der Waals surface area contributed by atoms with Gasteiger partial charge in [0, 0.05) is 44.2 Å². The minimum Gasteiger partial charge on any atom is -0.489 e. The number of rotatable bonds is 7. The van der Waals surface area contributed by atoms with E-state index in [2.05, 4.69) is 10.1 Å². The van der Waals surface area contributed by atoms with Crippen LogP contribution in [0.4, 0.5) is 10.5 Å². The number of hydrogen-bond acceptors (Lipinski definition) is 8.